The van der Waals surface area contributed by atoms with Gasteiger partial charge in [0.2, 0.25) is 0 Å². The van der Waals surface area contributed by atoms with Gasteiger partial charge >= 0.3 is 0 Å². The Labute approximate surface area is 124 Å². The molecule has 0 bridgehead atoms. The van der Waals surface area contributed by atoms with E-state index in [1.54, 1.807) is 16.8 Å². The third-order valence-electron chi connectivity index (χ3n) is 3.64. The Balaban J connectivity index is 2.07. The van der Waals surface area contributed by atoms with Gasteiger partial charge in [-0.05, 0) is 49.6 Å². The van der Waals surface area contributed by atoms with Crippen LogP contribution in [0.4, 0.5) is 0 Å². The van der Waals surface area contributed by atoms with Crippen LogP contribution >= 0.6 is 0 Å². The van der Waals surface area contributed by atoms with Gasteiger partial charge in [-0.25, -0.2) is 4.68 Å². The highest BCUT2D eigenvalue weighted by molar-refractivity contribution is 5.70. The van der Waals surface area contributed by atoms with E-state index in [0.717, 1.165) is 11.3 Å². The van der Waals surface area contributed by atoms with E-state index in [-0.39, 0.29) is 5.75 Å². The van der Waals surface area contributed by atoms with Crippen LogP contribution in [0.15, 0.2) is 48.8 Å². The number of rotatable bonds is 2. The first-order valence-electron chi connectivity index (χ1n) is 6.97. The SMILES string of the molecule is Cc1cc(C)c(-c2cnn(-c3cccc(O)c3)c2)c(C)c1. The second-order valence-electron chi connectivity index (χ2n) is 5.47. The van der Waals surface area contributed by atoms with E-state index in [2.05, 4.69) is 38.0 Å². The largest absolute Gasteiger partial charge is 0.508 e. The van der Waals surface area contributed by atoms with Crippen molar-refractivity contribution in [2.75, 3.05) is 0 Å². The number of phenolic OH excluding ortho intramolecular Hbond substituents is 1. The topological polar surface area (TPSA) is 38.0 Å². The lowest BCUT2D eigenvalue weighted by atomic mass is 9.96. The van der Waals surface area contributed by atoms with Gasteiger partial charge in [0.1, 0.15) is 5.75 Å². The van der Waals surface area contributed by atoms with Gasteiger partial charge in [-0.1, -0.05) is 23.8 Å². The monoisotopic (exact) mass is 278 g/mol. The summed E-state index contributed by atoms with van der Waals surface area (Å²) in [6.45, 7) is 6.36. The maximum atomic E-state index is 9.58. The molecule has 0 aliphatic heterocycles. The summed E-state index contributed by atoms with van der Waals surface area (Å²) in [6.07, 6.45) is 3.87. The van der Waals surface area contributed by atoms with E-state index >= 15 is 0 Å². The van der Waals surface area contributed by atoms with Crippen molar-refractivity contribution in [2.45, 2.75) is 20.8 Å². The number of aryl methyl sites for hydroxylation is 3. The van der Waals surface area contributed by atoms with Crippen LogP contribution in [0, 0.1) is 20.8 Å². The van der Waals surface area contributed by atoms with Gasteiger partial charge in [0, 0.05) is 17.8 Å². The molecular weight excluding hydrogens is 260 g/mol. The summed E-state index contributed by atoms with van der Waals surface area (Å²) in [6, 6.07) is 11.5. The molecule has 3 heteroatoms. The molecule has 0 saturated carbocycles. The predicted octanol–water partition coefficient (Wildman–Crippen LogP) is 4.17. The molecule has 1 aromatic heterocycles. The summed E-state index contributed by atoms with van der Waals surface area (Å²) in [4.78, 5) is 0. The van der Waals surface area contributed by atoms with E-state index in [1.165, 1.54) is 22.3 Å². The first kappa shape index (κ1) is 13.4. The number of hydrogen-bond acceptors (Lipinski definition) is 2. The minimum absolute atomic E-state index is 0.243. The van der Waals surface area contributed by atoms with Crippen molar-refractivity contribution in [3.8, 4) is 22.6 Å². The normalized spacial score (nSPS) is 10.8. The van der Waals surface area contributed by atoms with Gasteiger partial charge in [-0.2, -0.15) is 5.10 Å². The first-order chi connectivity index (χ1) is 10.0. The van der Waals surface area contributed by atoms with Crippen molar-refractivity contribution in [3.63, 3.8) is 0 Å². The van der Waals surface area contributed by atoms with Crippen molar-refractivity contribution in [1.29, 1.82) is 0 Å². The minimum Gasteiger partial charge on any atom is -0.508 e. The molecule has 0 aliphatic carbocycles. The highest BCUT2D eigenvalue weighted by atomic mass is 16.3. The molecule has 1 heterocycles. The molecule has 1 N–H and O–H groups in total. The zero-order valence-corrected chi connectivity index (χ0v) is 12.5. The number of aromatic nitrogens is 2. The first-order valence-corrected chi connectivity index (χ1v) is 6.97. The quantitative estimate of drug-likeness (QED) is 0.764. The van der Waals surface area contributed by atoms with Gasteiger partial charge in [-0.15, -0.1) is 0 Å². The van der Waals surface area contributed by atoms with Crippen molar-refractivity contribution >= 4 is 0 Å². The summed E-state index contributed by atoms with van der Waals surface area (Å²) in [7, 11) is 0. The summed E-state index contributed by atoms with van der Waals surface area (Å²) in [5.41, 5.74) is 6.95. The number of hydrogen-bond donors (Lipinski definition) is 1. The van der Waals surface area contributed by atoms with E-state index in [1.807, 2.05) is 24.5 Å². The second kappa shape index (κ2) is 5.09. The molecule has 0 aliphatic rings. The fourth-order valence-corrected chi connectivity index (χ4v) is 2.86. The van der Waals surface area contributed by atoms with Crippen LogP contribution in [0.3, 0.4) is 0 Å². The molecule has 0 saturated heterocycles. The molecular formula is C18H18N2O. The molecule has 0 atom stereocenters. The van der Waals surface area contributed by atoms with Crippen LogP contribution in [0.1, 0.15) is 16.7 Å². The average Bonchev–Trinajstić information content (AvgIpc) is 2.87. The molecule has 0 unspecified atom stereocenters. The third kappa shape index (κ3) is 2.55. The van der Waals surface area contributed by atoms with Crippen LogP contribution in [0.25, 0.3) is 16.8 Å². The van der Waals surface area contributed by atoms with Gasteiger partial charge in [-0.3, -0.25) is 0 Å². The highest BCUT2D eigenvalue weighted by Gasteiger charge is 2.09. The van der Waals surface area contributed by atoms with E-state index in [4.69, 9.17) is 0 Å². The van der Waals surface area contributed by atoms with Crippen molar-refractivity contribution in [1.82, 2.24) is 9.78 Å². The third-order valence-corrected chi connectivity index (χ3v) is 3.64. The molecule has 3 rings (SSSR count). The number of aromatic hydroxyl groups is 1. The van der Waals surface area contributed by atoms with Crippen LogP contribution in [0.2, 0.25) is 0 Å². The standard InChI is InChI=1S/C18H18N2O/c1-12-7-13(2)18(14(3)8-12)15-10-19-20(11-15)16-5-4-6-17(21)9-16/h4-11,21H,1-3H3. The lowest BCUT2D eigenvalue weighted by Crippen LogP contribution is -1.93. The Hall–Kier alpha value is -2.55. The number of phenols is 1. The molecule has 0 amide bonds. The molecule has 106 valence electrons. The van der Waals surface area contributed by atoms with E-state index < -0.39 is 0 Å². The summed E-state index contributed by atoms with van der Waals surface area (Å²) in [5.74, 6) is 0.243. The number of benzene rings is 2. The Kier molecular flexibility index (Phi) is 3.26. The zero-order chi connectivity index (χ0) is 15.0. The average molecular weight is 278 g/mol. The van der Waals surface area contributed by atoms with Crippen molar-refractivity contribution < 1.29 is 5.11 Å². The molecule has 0 spiro atoms. The van der Waals surface area contributed by atoms with Crippen LogP contribution < -0.4 is 0 Å². The maximum Gasteiger partial charge on any atom is 0.117 e. The number of nitrogens with zero attached hydrogens (tertiary/aromatic N) is 2. The van der Waals surface area contributed by atoms with Gasteiger partial charge < -0.3 is 5.11 Å². The molecule has 21 heavy (non-hydrogen) atoms. The minimum atomic E-state index is 0.243. The molecule has 0 radical (unpaired) electrons. The van der Waals surface area contributed by atoms with Crippen LogP contribution in [-0.4, -0.2) is 14.9 Å². The van der Waals surface area contributed by atoms with Gasteiger partial charge in [0.05, 0.1) is 11.9 Å². The van der Waals surface area contributed by atoms with Crippen LogP contribution in [0.5, 0.6) is 5.75 Å². The van der Waals surface area contributed by atoms with Gasteiger partial charge in [0.25, 0.3) is 0 Å². The van der Waals surface area contributed by atoms with Gasteiger partial charge in [0.15, 0.2) is 0 Å². The lowest BCUT2D eigenvalue weighted by Gasteiger charge is -2.09. The van der Waals surface area contributed by atoms with Crippen molar-refractivity contribution in [2.24, 2.45) is 0 Å². The Morgan fingerprint density at radius 1 is 1.00 bits per heavy atom. The summed E-state index contributed by atoms with van der Waals surface area (Å²) < 4.78 is 1.79. The Morgan fingerprint density at radius 2 is 1.71 bits per heavy atom. The molecule has 3 nitrogen and oxygen atoms in total. The highest BCUT2D eigenvalue weighted by Crippen LogP contribution is 2.28. The summed E-state index contributed by atoms with van der Waals surface area (Å²) >= 11 is 0. The Morgan fingerprint density at radius 3 is 2.38 bits per heavy atom. The molecule has 2 aromatic carbocycles. The summed E-state index contributed by atoms with van der Waals surface area (Å²) in [5, 5.41) is 14.0. The zero-order valence-electron chi connectivity index (χ0n) is 12.5. The second-order valence-corrected chi connectivity index (χ2v) is 5.47. The van der Waals surface area contributed by atoms with E-state index in [0.29, 0.717) is 0 Å². The maximum absolute atomic E-state index is 9.58. The fourth-order valence-electron chi connectivity index (χ4n) is 2.86. The van der Waals surface area contributed by atoms with E-state index in [9.17, 15) is 5.11 Å². The predicted molar refractivity (Wildman–Crippen MR) is 84.9 cm³/mol. The smallest absolute Gasteiger partial charge is 0.117 e. The van der Waals surface area contributed by atoms with Crippen molar-refractivity contribution in [3.05, 3.63) is 65.5 Å². The molecule has 0 fully saturated rings. The van der Waals surface area contributed by atoms with Crippen LogP contribution in [-0.2, 0) is 0 Å². The lowest BCUT2D eigenvalue weighted by molar-refractivity contribution is 0.475. The fraction of sp³-hybridized carbons (Fsp3) is 0.167. The molecule has 3 aromatic rings. The Bertz CT molecular complexity index is 779.